The number of hydrogen-bond donors (Lipinski definition) is 4. The van der Waals surface area contributed by atoms with Gasteiger partial charge in [0.15, 0.2) is 5.44 Å². The van der Waals surface area contributed by atoms with Crippen molar-refractivity contribution >= 4 is 11.8 Å². The highest BCUT2D eigenvalue weighted by Crippen LogP contribution is 2.31. The fourth-order valence-corrected chi connectivity index (χ4v) is 3.73. The number of hydrogen-bond acceptors (Lipinski definition) is 7. The number of aliphatic hydroxyl groups is 3. The third-order valence-corrected chi connectivity index (χ3v) is 5.07. The zero-order chi connectivity index (χ0) is 16.6. The molecular weight excluding hydrogens is 318 g/mol. The van der Waals surface area contributed by atoms with Crippen LogP contribution in [0.4, 0.5) is 0 Å². The molecule has 3 heterocycles. The SMILES string of the molecule is Cc1n[nH]c(C)c1-c1cncc(O[C@H]2SC[C@@H](O)[C@H](O)[C@H]2O)c1. The summed E-state index contributed by atoms with van der Waals surface area (Å²) in [5.41, 5.74) is 2.98. The van der Waals surface area contributed by atoms with E-state index >= 15 is 0 Å². The molecule has 3 rings (SSSR count). The Hall–Kier alpha value is -1.61. The van der Waals surface area contributed by atoms with Crippen molar-refractivity contribution in [3.8, 4) is 16.9 Å². The van der Waals surface area contributed by atoms with Crippen molar-refractivity contribution < 1.29 is 20.1 Å². The fourth-order valence-electron chi connectivity index (χ4n) is 2.61. The van der Waals surface area contributed by atoms with Crippen molar-refractivity contribution in [2.45, 2.75) is 37.6 Å². The Bertz CT molecular complexity index is 674. The summed E-state index contributed by atoms with van der Waals surface area (Å²) in [4.78, 5) is 4.18. The van der Waals surface area contributed by atoms with Gasteiger partial charge in [0.05, 0.1) is 18.0 Å². The van der Waals surface area contributed by atoms with Gasteiger partial charge in [-0.25, -0.2) is 0 Å². The molecule has 0 aliphatic carbocycles. The van der Waals surface area contributed by atoms with Gasteiger partial charge in [-0.2, -0.15) is 5.10 Å². The molecule has 8 heteroatoms. The molecule has 1 aliphatic rings. The van der Waals surface area contributed by atoms with Crippen molar-refractivity contribution in [2.75, 3.05) is 5.75 Å². The molecule has 0 unspecified atom stereocenters. The van der Waals surface area contributed by atoms with Gasteiger partial charge in [0.25, 0.3) is 0 Å². The summed E-state index contributed by atoms with van der Waals surface area (Å²) in [5, 5.41) is 36.4. The maximum atomic E-state index is 10.0. The Kier molecular flexibility index (Phi) is 4.58. The highest BCUT2D eigenvalue weighted by atomic mass is 32.2. The molecule has 7 nitrogen and oxygen atoms in total. The molecule has 0 bridgehead atoms. The third kappa shape index (κ3) is 3.20. The van der Waals surface area contributed by atoms with Crippen LogP contribution in [-0.4, -0.2) is 60.0 Å². The number of aryl methyl sites for hydroxylation is 2. The summed E-state index contributed by atoms with van der Waals surface area (Å²) in [6.07, 6.45) is -0.0456. The van der Waals surface area contributed by atoms with E-state index in [1.165, 1.54) is 11.8 Å². The molecule has 0 aromatic carbocycles. The number of thioether (sulfide) groups is 1. The van der Waals surface area contributed by atoms with E-state index in [1.807, 2.05) is 19.9 Å². The van der Waals surface area contributed by atoms with E-state index in [-0.39, 0.29) is 0 Å². The molecule has 2 aromatic heterocycles. The monoisotopic (exact) mass is 337 g/mol. The van der Waals surface area contributed by atoms with Crippen LogP contribution in [-0.2, 0) is 0 Å². The molecule has 0 spiro atoms. The second kappa shape index (κ2) is 6.48. The summed E-state index contributed by atoms with van der Waals surface area (Å²) < 4.78 is 5.75. The third-order valence-electron chi connectivity index (χ3n) is 3.84. The molecule has 4 N–H and O–H groups in total. The average Bonchev–Trinajstić information content (AvgIpc) is 2.87. The van der Waals surface area contributed by atoms with Crippen molar-refractivity contribution in [2.24, 2.45) is 0 Å². The molecule has 0 saturated carbocycles. The van der Waals surface area contributed by atoms with E-state index in [0.29, 0.717) is 11.5 Å². The zero-order valence-corrected chi connectivity index (χ0v) is 13.6. The number of nitrogens with one attached hydrogen (secondary N) is 1. The van der Waals surface area contributed by atoms with Gasteiger partial charge in [-0.3, -0.25) is 10.1 Å². The van der Waals surface area contributed by atoms with Gasteiger partial charge in [-0.15, -0.1) is 11.8 Å². The lowest BCUT2D eigenvalue weighted by Gasteiger charge is -2.34. The summed E-state index contributed by atoms with van der Waals surface area (Å²) >= 11 is 1.26. The smallest absolute Gasteiger partial charge is 0.173 e. The lowest BCUT2D eigenvalue weighted by molar-refractivity contribution is -0.0786. The number of rotatable bonds is 3. The largest absolute Gasteiger partial charge is 0.475 e. The number of ether oxygens (including phenoxy) is 1. The molecule has 2 aromatic rings. The van der Waals surface area contributed by atoms with Crippen LogP contribution in [0.1, 0.15) is 11.4 Å². The van der Waals surface area contributed by atoms with E-state index in [2.05, 4.69) is 15.2 Å². The van der Waals surface area contributed by atoms with Gasteiger partial charge in [-0.05, 0) is 19.9 Å². The maximum absolute atomic E-state index is 10.0. The first-order valence-electron chi connectivity index (χ1n) is 7.27. The van der Waals surface area contributed by atoms with E-state index in [0.717, 1.165) is 22.5 Å². The lowest BCUT2D eigenvalue weighted by atomic mass is 10.1. The molecule has 124 valence electrons. The van der Waals surface area contributed by atoms with E-state index in [4.69, 9.17) is 4.74 Å². The number of pyridine rings is 1. The normalized spacial score (nSPS) is 27.9. The van der Waals surface area contributed by atoms with E-state index in [1.54, 1.807) is 12.4 Å². The lowest BCUT2D eigenvalue weighted by Crippen LogP contribution is -2.50. The number of aromatic amines is 1. The summed E-state index contributed by atoms with van der Waals surface area (Å²) in [7, 11) is 0. The van der Waals surface area contributed by atoms with Crippen LogP contribution in [0.5, 0.6) is 5.75 Å². The Morgan fingerprint density at radius 1 is 1.22 bits per heavy atom. The first-order valence-corrected chi connectivity index (χ1v) is 8.31. The van der Waals surface area contributed by atoms with Crippen LogP contribution < -0.4 is 4.74 Å². The predicted octanol–water partition coefficient (Wildman–Crippen LogP) is 0.623. The summed E-state index contributed by atoms with van der Waals surface area (Å²) in [5.74, 6) is 0.790. The quantitative estimate of drug-likeness (QED) is 0.650. The van der Waals surface area contributed by atoms with Crippen molar-refractivity contribution in [3.63, 3.8) is 0 Å². The summed E-state index contributed by atoms with van der Waals surface area (Å²) in [6.45, 7) is 3.84. The average molecular weight is 337 g/mol. The molecule has 0 amide bonds. The van der Waals surface area contributed by atoms with Gasteiger partial charge >= 0.3 is 0 Å². The molecule has 1 aliphatic heterocycles. The van der Waals surface area contributed by atoms with Crippen molar-refractivity contribution in [1.29, 1.82) is 0 Å². The first-order chi connectivity index (χ1) is 11.0. The summed E-state index contributed by atoms with van der Waals surface area (Å²) in [6, 6.07) is 1.82. The molecular formula is C15H19N3O4S. The Morgan fingerprint density at radius 3 is 2.70 bits per heavy atom. The van der Waals surface area contributed by atoms with Gasteiger partial charge in [0.1, 0.15) is 18.0 Å². The Morgan fingerprint density at radius 2 is 2.00 bits per heavy atom. The second-order valence-electron chi connectivity index (χ2n) is 5.59. The second-order valence-corrected chi connectivity index (χ2v) is 6.72. The minimum atomic E-state index is -1.21. The van der Waals surface area contributed by atoms with E-state index in [9.17, 15) is 15.3 Å². The number of aromatic nitrogens is 3. The van der Waals surface area contributed by atoms with Crippen LogP contribution in [0.3, 0.4) is 0 Å². The molecule has 23 heavy (non-hydrogen) atoms. The molecule has 4 atom stereocenters. The molecule has 1 fully saturated rings. The van der Waals surface area contributed by atoms with Gasteiger partial charge in [0.2, 0.25) is 0 Å². The highest BCUT2D eigenvalue weighted by molar-refractivity contribution is 7.99. The zero-order valence-electron chi connectivity index (χ0n) is 12.8. The Labute approximate surface area is 137 Å². The van der Waals surface area contributed by atoms with Crippen LogP contribution >= 0.6 is 11.8 Å². The van der Waals surface area contributed by atoms with Crippen LogP contribution in [0.15, 0.2) is 18.5 Å². The van der Waals surface area contributed by atoms with Crippen molar-refractivity contribution in [1.82, 2.24) is 15.2 Å². The van der Waals surface area contributed by atoms with Crippen LogP contribution in [0.2, 0.25) is 0 Å². The topological polar surface area (TPSA) is 111 Å². The van der Waals surface area contributed by atoms with Crippen LogP contribution in [0, 0.1) is 13.8 Å². The maximum Gasteiger partial charge on any atom is 0.173 e. The number of nitrogens with zero attached hydrogens (tertiary/aromatic N) is 2. The number of H-pyrrole nitrogens is 1. The number of aliphatic hydroxyl groups excluding tert-OH is 3. The predicted molar refractivity (Wildman–Crippen MR) is 86.2 cm³/mol. The standard InChI is InChI=1S/C15H19N3O4S/c1-7-12(8(2)18-17-7)9-3-10(5-16-4-9)22-15-14(21)13(20)11(19)6-23-15/h3-5,11,13-15,19-21H,6H2,1-2H3,(H,17,18)/t11-,13+,14-,15+/m1/s1. The van der Waals surface area contributed by atoms with Crippen LogP contribution in [0.25, 0.3) is 11.1 Å². The Balaban J connectivity index is 1.81. The molecule has 0 radical (unpaired) electrons. The molecule has 1 saturated heterocycles. The van der Waals surface area contributed by atoms with Crippen molar-refractivity contribution in [3.05, 3.63) is 29.8 Å². The van der Waals surface area contributed by atoms with Gasteiger partial charge in [-0.1, -0.05) is 0 Å². The van der Waals surface area contributed by atoms with E-state index < -0.39 is 23.7 Å². The first kappa shape index (κ1) is 16.3. The van der Waals surface area contributed by atoms with Gasteiger partial charge < -0.3 is 20.1 Å². The minimum absolute atomic E-state index is 0.302. The fraction of sp³-hybridized carbons (Fsp3) is 0.467. The highest BCUT2D eigenvalue weighted by Gasteiger charge is 2.38. The minimum Gasteiger partial charge on any atom is -0.475 e. The van der Waals surface area contributed by atoms with Gasteiger partial charge in [0, 0.05) is 28.8 Å².